The normalized spacial score (nSPS) is 13.6. The molecule has 1 atom stereocenters. The van der Waals surface area contributed by atoms with Crippen LogP contribution in [-0.4, -0.2) is 27.4 Å². The van der Waals surface area contributed by atoms with Crippen LogP contribution < -0.4 is 9.74 Å². The topological polar surface area (TPSA) is 47.6 Å². The average Bonchev–Trinajstić information content (AvgIpc) is 2.42. The smallest absolute Gasteiger partial charge is 0.322 e. The molecule has 1 aromatic carbocycles. The van der Waals surface area contributed by atoms with Gasteiger partial charge in [0.1, 0.15) is 11.8 Å². The fourth-order valence-corrected chi connectivity index (χ4v) is 2.72. The van der Waals surface area contributed by atoms with Gasteiger partial charge in [0, 0.05) is 6.54 Å². The van der Waals surface area contributed by atoms with Gasteiger partial charge < -0.3 is 14.5 Å². The zero-order valence-electron chi connectivity index (χ0n) is 14.8. The van der Waals surface area contributed by atoms with E-state index in [1.54, 1.807) is 6.92 Å². The third kappa shape index (κ3) is 5.14. The monoisotopic (exact) mass is 323 g/mol. The van der Waals surface area contributed by atoms with Gasteiger partial charge >= 0.3 is 5.97 Å². The molecule has 124 valence electrons. The Kier molecular flexibility index (Phi) is 6.20. The third-order valence-electron chi connectivity index (χ3n) is 4.24. The van der Waals surface area contributed by atoms with Crippen LogP contribution in [0.15, 0.2) is 24.3 Å². The van der Waals surface area contributed by atoms with Crippen molar-refractivity contribution in [2.45, 2.75) is 58.4 Å². The van der Waals surface area contributed by atoms with Crippen molar-refractivity contribution in [1.82, 2.24) is 5.32 Å². The summed E-state index contributed by atoms with van der Waals surface area (Å²) < 4.78 is 11.0. The number of ether oxygens (including phenoxy) is 1. The first-order valence-corrected chi connectivity index (χ1v) is 10.6. The molecule has 0 saturated carbocycles. The summed E-state index contributed by atoms with van der Waals surface area (Å²) in [6.07, 6.45) is 0. The average molecular weight is 324 g/mol. The Morgan fingerprint density at radius 3 is 2.50 bits per heavy atom. The second-order valence-corrected chi connectivity index (χ2v) is 11.9. The zero-order chi connectivity index (χ0) is 17.0. The van der Waals surface area contributed by atoms with E-state index in [1.165, 1.54) is 7.11 Å². The molecule has 0 aromatic heterocycles. The lowest BCUT2D eigenvalue weighted by atomic mass is 10.2. The summed E-state index contributed by atoms with van der Waals surface area (Å²) in [5, 5.41) is 3.32. The van der Waals surface area contributed by atoms with Gasteiger partial charge in [0.05, 0.1) is 7.11 Å². The van der Waals surface area contributed by atoms with Crippen LogP contribution in [0.1, 0.15) is 33.3 Å². The Hall–Kier alpha value is -1.33. The molecule has 0 amide bonds. The maximum Gasteiger partial charge on any atom is 0.322 e. The molecule has 0 saturated heterocycles. The SMILES string of the molecule is COC(=O)[C@@H](C)NCc1cccc(O[Si](C)(C)C(C)(C)C)c1. The summed E-state index contributed by atoms with van der Waals surface area (Å²) in [5.74, 6) is 0.644. The molecule has 0 aliphatic heterocycles. The zero-order valence-corrected chi connectivity index (χ0v) is 15.8. The van der Waals surface area contributed by atoms with Crippen molar-refractivity contribution < 1.29 is 14.0 Å². The lowest BCUT2D eigenvalue weighted by molar-refractivity contribution is -0.142. The van der Waals surface area contributed by atoms with E-state index in [4.69, 9.17) is 9.16 Å². The summed E-state index contributed by atoms with van der Waals surface area (Å²) in [6.45, 7) is 13.5. The summed E-state index contributed by atoms with van der Waals surface area (Å²) in [7, 11) is -0.435. The number of methoxy groups -OCH3 is 1. The molecular formula is C17H29NO3Si. The van der Waals surface area contributed by atoms with Gasteiger partial charge in [0.15, 0.2) is 0 Å². The van der Waals surface area contributed by atoms with Gasteiger partial charge in [0.2, 0.25) is 8.32 Å². The van der Waals surface area contributed by atoms with Gasteiger partial charge in [-0.05, 0) is 42.8 Å². The van der Waals surface area contributed by atoms with Crippen LogP contribution in [-0.2, 0) is 16.1 Å². The highest BCUT2D eigenvalue weighted by Crippen LogP contribution is 2.37. The molecule has 22 heavy (non-hydrogen) atoms. The van der Waals surface area contributed by atoms with E-state index in [1.807, 2.05) is 24.3 Å². The number of esters is 1. The Labute approximate surface area is 135 Å². The Balaban J connectivity index is 2.73. The van der Waals surface area contributed by atoms with Gasteiger partial charge in [-0.1, -0.05) is 32.9 Å². The van der Waals surface area contributed by atoms with E-state index in [9.17, 15) is 4.79 Å². The van der Waals surface area contributed by atoms with E-state index in [0.717, 1.165) is 11.3 Å². The molecule has 0 radical (unpaired) electrons. The van der Waals surface area contributed by atoms with E-state index in [-0.39, 0.29) is 17.0 Å². The Morgan fingerprint density at radius 2 is 1.95 bits per heavy atom. The van der Waals surface area contributed by atoms with Crippen LogP contribution in [0.3, 0.4) is 0 Å². The first-order chi connectivity index (χ1) is 10.1. The molecule has 0 fully saturated rings. The predicted octanol–water partition coefficient (Wildman–Crippen LogP) is 3.72. The van der Waals surface area contributed by atoms with Crippen LogP contribution in [0, 0.1) is 0 Å². The summed E-state index contributed by atoms with van der Waals surface area (Å²) in [5.41, 5.74) is 1.09. The molecule has 1 rings (SSSR count). The van der Waals surface area contributed by atoms with Gasteiger partial charge in [-0.3, -0.25) is 4.79 Å². The fraction of sp³-hybridized carbons (Fsp3) is 0.588. The molecule has 0 heterocycles. The number of carbonyl (C=O) groups excluding carboxylic acids is 1. The van der Waals surface area contributed by atoms with Crippen molar-refractivity contribution in [3.05, 3.63) is 29.8 Å². The largest absolute Gasteiger partial charge is 0.543 e. The van der Waals surface area contributed by atoms with Crippen molar-refractivity contribution in [2.75, 3.05) is 7.11 Å². The number of rotatable bonds is 6. The molecule has 0 unspecified atom stereocenters. The van der Waals surface area contributed by atoms with Crippen LogP contribution >= 0.6 is 0 Å². The Morgan fingerprint density at radius 1 is 1.32 bits per heavy atom. The highest BCUT2D eigenvalue weighted by Gasteiger charge is 2.38. The molecule has 0 spiro atoms. The van der Waals surface area contributed by atoms with E-state index in [2.05, 4.69) is 39.2 Å². The van der Waals surface area contributed by atoms with Crippen LogP contribution in [0.4, 0.5) is 0 Å². The highest BCUT2D eigenvalue weighted by atomic mass is 28.4. The maximum absolute atomic E-state index is 11.4. The number of benzene rings is 1. The predicted molar refractivity (Wildman–Crippen MR) is 92.6 cm³/mol. The number of nitrogens with one attached hydrogen (secondary N) is 1. The molecule has 0 aliphatic carbocycles. The molecule has 4 nitrogen and oxygen atoms in total. The second kappa shape index (κ2) is 7.29. The maximum atomic E-state index is 11.4. The molecule has 1 N–H and O–H groups in total. The van der Waals surface area contributed by atoms with E-state index < -0.39 is 8.32 Å². The van der Waals surface area contributed by atoms with Crippen LogP contribution in [0.2, 0.25) is 18.1 Å². The van der Waals surface area contributed by atoms with Gasteiger partial charge in [-0.25, -0.2) is 0 Å². The first kappa shape index (κ1) is 18.7. The fourth-order valence-electron chi connectivity index (χ4n) is 1.70. The van der Waals surface area contributed by atoms with Crippen molar-refractivity contribution in [3.63, 3.8) is 0 Å². The summed E-state index contributed by atoms with van der Waals surface area (Å²) >= 11 is 0. The molecule has 5 heteroatoms. The lowest BCUT2D eigenvalue weighted by Gasteiger charge is -2.36. The van der Waals surface area contributed by atoms with Gasteiger partial charge in [-0.2, -0.15) is 0 Å². The van der Waals surface area contributed by atoms with Gasteiger partial charge in [-0.15, -0.1) is 0 Å². The highest BCUT2D eigenvalue weighted by molar-refractivity contribution is 6.74. The number of hydrogen-bond donors (Lipinski definition) is 1. The number of hydrogen-bond acceptors (Lipinski definition) is 4. The summed E-state index contributed by atoms with van der Waals surface area (Å²) in [4.78, 5) is 11.4. The second-order valence-electron chi connectivity index (χ2n) is 7.14. The quantitative estimate of drug-likeness (QED) is 0.640. The minimum absolute atomic E-state index is 0.167. The van der Waals surface area contributed by atoms with E-state index >= 15 is 0 Å². The molecule has 0 aliphatic rings. The van der Waals surface area contributed by atoms with Crippen LogP contribution in [0.25, 0.3) is 0 Å². The number of carbonyl (C=O) groups is 1. The van der Waals surface area contributed by atoms with Crippen LogP contribution in [0.5, 0.6) is 5.75 Å². The van der Waals surface area contributed by atoms with E-state index in [0.29, 0.717) is 6.54 Å². The molecule has 1 aromatic rings. The van der Waals surface area contributed by atoms with Crippen molar-refractivity contribution in [1.29, 1.82) is 0 Å². The molecular weight excluding hydrogens is 294 g/mol. The Bertz CT molecular complexity index is 509. The van der Waals surface area contributed by atoms with Crippen molar-refractivity contribution >= 4 is 14.3 Å². The minimum Gasteiger partial charge on any atom is -0.543 e. The molecule has 0 bridgehead atoms. The third-order valence-corrected chi connectivity index (χ3v) is 8.60. The van der Waals surface area contributed by atoms with Crippen molar-refractivity contribution in [2.24, 2.45) is 0 Å². The lowest BCUT2D eigenvalue weighted by Crippen LogP contribution is -2.43. The first-order valence-electron chi connectivity index (χ1n) is 7.66. The minimum atomic E-state index is -1.83. The van der Waals surface area contributed by atoms with Crippen molar-refractivity contribution in [3.8, 4) is 5.75 Å². The van der Waals surface area contributed by atoms with Gasteiger partial charge in [0.25, 0.3) is 0 Å². The standard InChI is InChI=1S/C17H29NO3Si/c1-13(16(19)20-5)18-12-14-9-8-10-15(11-14)21-22(6,7)17(2,3)4/h8-11,13,18H,12H2,1-7H3/t13-/m1/s1. The summed E-state index contributed by atoms with van der Waals surface area (Å²) in [6, 6.07) is 7.72.